The van der Waals surface area contributed by atoms with Crippen LogP contribution in [-0.4, -0.2) is 32.3 Å². The number of aromatic nitrogens is 2. The average Bonchev–Trinajstić information content (AvgIpc) is 3.35. The lowest BCUT2D eigenvalue weighted by Crippen LogP contribution is -2.41. The Hall–Kier alpha value is -2.58. The molecule has 0 amide bonds. The molecular formula is C24H27N4O4PS. The van der Waals surface area contributed by atoms with E-state index in [9.17, 15) is 9.46 Å². The minimum absolute atomic E-state index is 0.200. The molecule has 10 heteroatoms. The van der Waals surface area contributed by atoms with E-state index in [0.717, 1.165) is 37.0 Å². The van der Waals surface area contributed by atoms with Gasteiger partial charge in [0.1, 0.15) is 11.9 Å². The van der Waals surface area contributed by atoms with Crippen molar-refractivity contribution in [3.63, 3.8) is 0 Å². The maximum atomic E-state index is 12.5. The number of hydrogen-bond acceptors (Lipinski definition) is 8. The number of nitrogens with zero attached hydrogens (tertiary/aromatic N) is 3. The Balaban J connectivity index is 1.27. The molecule has 2 aliphatic rings. The van der Waals surface area contributed by atoms with Gasteiger partial charge in [0.2, 0.25) is 5.88 Å². The summed E-state index contributed by atoms with van der Waals surface area (Å²) in [4.78, 5) is 23.2. The van der Waals surface area contributed by atoms with E-state index in [2.05, 4.69) is 34.2 Å². The molecule has 3 N–H and O–H groups in total. The summed E-state index contributed by atoms with van der Waals surface area (Å²) in [7, 11) is -3.75. The van der Waals surface area contributed by atoms with Gasteiger partial charge in [0.15, 0.2) is 11.5 Å². The van der Waals surface area contributed by atoms with Crippen molar-refractivity contribution in [2.75, 3.05) is 5.73 Å². The van der Waals surface area contributed by atoms with Crippen molar-refractivity contribution >= 4 is 41.5 Å². The van der Waals surface area contributed by atoms with E-state index >= 15 is 0 Å². The molecule has 0 radical (unpaired) electrons. The predicted molar refractivity (Wildman–Crippen MR) is 134 cm³/mol. The van der Waals surface area contributed by atoms with Crippen LogP contribution in [-0.2, 0) is 9.09 Å². The van der Waals surface area contributed by atoms with Crippen LogP contribution in [0.4, 0.5) is 11.5 Å². The summed E-state index contributed by atoms with van der Waals surface area (Å²) >= 11 is 1.39. The number of thiophene rings is 1. The van der Waals surface area contributed by atoms with E-state index in [1.54, 1.807) is 16.8 Å². The molecule has 178 valence electrons. The van der Waals surface area contributed by atoms with Gasteiger partial charge in [-0.15, -0.1) is 0 Å². The number of nitrogen functional groups attached to an aromatic ring is 1. The number of nitrogens with two attached hydrogens (primary N) is 1. The summed E-state index contributed by atoms with van der Waals surface area (Å²) in [5.74, 6) is 1.07. The molecule has 0 saturated heterocycles. The predicted octanol–water partition coefficient (Wildman–Crippen LogP) is 4.97. The number of aliphatic imine (C=N–C) groups is 1. The molecule has 1 aliphatic heterocycles. The van der Waals surface area contributed by atoms with Gasteiger partial charge in [0, 0.05) is 10.9 Å². The van der Waals surface area contributed by atoms with Gasteiger partial charge in [0.05, 0.1) is 17.1 Å². The highest BCUT2D eigenvalue weighted by Gasteiger charge is 2.35. The number of ether oxygens (including phenoxy) is 1. The van der Waals surface area contributed by atoms with Crippen molar-refractivity contribution in [2.24, 2.45) is 4.99 Å². The van der Waals surface area contributed by atoms with E-state index in [4.69, 9.17) is 20.0 Å². The second kappa shape index (κ2) is 8.89. The molecule has 1 saturated carbocycles. The molecule has 1 aliphatic carbocycles. The van der Waals surface area contributed by atoms with Crippen LogP contribution in [0.15, 0.2) is 52.4 Å². The van der Waals surface area contributed by atoms with Crippen LogP contribution < -0.4 is 15.8 Å². The first-order valence-corrected chi connectivity index (χ1v) is 13.8. The summed E-state index contributed by atoms with van der Waals surface area (Å²) in [5.41, 5.74) is 8.76. The number of hydrogen-bond donors (Lipinski definition) is 2. The summed E-state index contributed by atoms with van der Waals surface area (Å²) in [6.45, 7) is 3.91. The molecule has 3 heterocycles. The van der Waals surface area contributed by atoms with Gasteiger partial charge in [-0.1, -0.05) is 24.3 Å². The van der Waals surface area contributed by atoms with Gasteiger partial charge in [-0.3, -0.25) is 4.57 Å². The first-order valence-electron chi connectivity index (χ1n) is 11.3. The minimum Gasteiger partial charge on any atom is -0.463 e. The lowest BCUT2D eigenvalue weighted by molar-refractivity contribution is 0.133. The fourth-order valence-corrected chi connectivity index (χ4v) is 6.94. The van der Waals surface area contributed by atoms with Gasteiger partial charge in [-0.05, 0) is 62.5 Å². The molecule has 8 nitrogen and oxygen atoms in total. The molecule has 2 aromatic heterocycles. The minimum atomic E-state index is -3.75. The maximum Gasteiger partial charge on any atom is 0.359 e. The van der Waals surface area contributed by atoms with E-state index in [1.807, 2.05) is 13.8 Å². The Morgan fingerprint density at radius 1 is 1.15 bits per heavy atom. The van der Waals surface area contributed by atoms with Crippen LogP contribution in [0, 0.1) is 0 Å². The van der Waals surface area contributed by atoms with Gasteiger partial charge in [0.25, 0.3) is 0 Å². The summed E-state index contributed by atoms with van der Waals surface area (Å²) in [5, 5.41) is 3.84. The second-order valence-electron chi connectivity index (χ2n) is 9.19. The maximum absolute atomic E-state index is 12.5. The Kier molecular flexibility index (Phi) is 6.06. The third-order valence-corrected chi connectivity index (χ3v) is 8.79. The molecule has 34 heavy (non-hydrogen) atoms. The Labute approximate surface area is 202 Å². The van der Waals surface area contributed by atoms with Crippen molar-refractivity contribution < 1.29 is 18.7 Å². The number of anilines is 1. The van der Waals surface area contributed by atoms with Crippen molar-refractivity contribution in [3.05, 3.63) is 58.5 Å². The van der Waals surface area contributed by atoms with Gasteiger partial charge < -0.3 is 19.9 Å². The molecule has 1 aromatic carbocycles. The lowest BCUT2D eigenvalue weighted by Gasteiger charge is -2.32. The Morgan fingerprint density at radius 2 is 1.88 bits per heavy atom. The van der Waals surface area contributed by atoms with Gasteiger partial charge in [-0.2, -0.15) is 16.3 Å². The SMILES string of the molecule is CC1(C)Oc2ncnc(N)c2N=C1c1ccc(C2CCC(OP(=O)(O)c3ccsc3)CC2)cc1. The van der Waals surface area contributed by atoms with Crippen LogP contribution in [0.3, 0.4) is 0 Å². The van der Waals surface area contributed by atoms with Gasteiger partial charge in [-0.25, -0.2) is 9.98 Å². The Bertz CT molecular complexity index is 1250. The standard InChI is InChI=1S/C24H27N4O4PS/c1-24(2)21(28-20-22(25)26-14-27-23(20)31-24)17-5-3-15(4-6-17)16-7-9-18(10-8-16)32-33(29,30)19-11-12-34-13-19/h3-6,11-14,16,18H,7-10H2,1-2H3,(H,29,30)(H2,25,26,27). The fraction of sp³-hybridized carbons (Fsp3) is 0.375. The number of fused-ring (bicyclic) bond motifs is 1. The number of rotatable bonds is 5. The average molecular weight is 499 g/mol. The zero-order chi connectivity index (χ0) is 23.9. The topological polar surface area (TPSA) is 120 Å². The second-order valence-corrected chi connectivity index (χ2v) is 11.7. The van der Waals surface area contributed by atoms with Crippen molar-refractivity contribution in [3.8, 4) is 5.88 Å². The van der Waals surface area contributed by atoms with Crippen LogP contribution in [0.1, 0.15) is 56.6 Å². The Morgan fingerprint density at radius 3 is 2.56 bits per heavy atom. The highest BCUT2D eigenvalue weighted by atomic mass is 32.1. The summed E-state index contributed by atoms with van der Waals surface area (Å²) in [6.07, 6.45) is 4.50. The van der Waals surface area contributed by atoms with E-state index < -0.39 is 13.2 Å². The quantitative estimate of drug-likeness (QED) is 0.477. The van der Waals surface area contributed by atoms with E-state index in [0.29, 0.717) is 28.6 Å². The van der Waals surface area contributed by atoms with Crippen molar-refractivity contribution in [1.29, 1.82) is 0 Å². The smallest absolute Gasteiger partial charge is 0.359 e. The third kappa shape index (κ3) is 4.53. The van der Waals surface area contributed by atoms with Crippen LogP contribution >= 0.6 is 18.9 Å². The lowest BCUT2D eigenvalue weighted by atomic mass is 9.82. The highest BCUT2D eigenvalue weighted by molar-refractivity contribution is 7.61. The zero-order valence-corrected chi connectivity index (χ0v) is 20.8. The molecule has 3 aromatic rings. The molecule has 0 bridgehead atoms. The highest BCUT2D eigenvalue weighted by Crippen LogP contribution is 2.46. The monoisotopic (exact) mass is 498 g/mol. The molecule has 1 fully saturated rings. The molecule has 1 atom stereocenters. The van der Waals surface area contributed by atoms with Gasteiger partial charge >= 0.3 is 7.60 Å². The van der Waals surface area contributed by atoms with Crippen molar-refractivity contribution in [2.45, 2.75) is 57.2 Å². The normalized spacial score (nSPS) is 23.3. The van der Waals surface area contributed by atoms with Crippen molar-refractivity contribution in [1.82, 2.24) is 9.97 Å². The molecular weight excluding hydrogens is 471 g/mol. The number of benzene rings is 1. The van der Waals surface area contributed by atoms with E-state index in [-0.39, 0.29) is 6.10 Å². The zero-order valence-electron chi connectivity index (χ0n) is 19.0. The summed E-state index contributed by atoms with van der Waals surface area (Å²) < 4.78 is 24.2. The van der Waals surface area contributed by atoms with Crippen LogP contribution in [0.25, 0.3) is 0 Å². The largest absolute Gasteiger partial charge is 0.463 e. The fourth-order valence-electron chi connectivity index (χ4n) is 4.60. The van der Waals surface area contributed by atoms with E-state index in [1.165, 1.54) is 23.2 Å². The summed E-state index contributed by atoms with van der Waals surface area (Å²) in [6, 6.07) is 10.0. The van der Waals surface area contributed by atoms with Crippen LogP contribution in [0.2, 0.25) is 0 Å². The first kappa shape index (κ1) is 23.2. The molecule has 1 unspecified atom stereocenters. The third-order valence-electron chi connectivity index (χ3n) is 6.42. The molecule has 5 rings (SSSR count). The molecule has 0 spiro atoms. The van der Waals surface area contributed by atoms with Crippen LogP contribution in [0.5, 0.6) is 5.88 Å². The first-order chi connectivity index (χ1) is 16.2.